The van der Waals surface area contributed by atoms with Crippen molar-refractivity contribution in [2.24, 2.45) is 0 Å². The Morgan fingerprint density at radius 2 is 2.00 bits per heavy atom. The lowest BCUT2D eigenvalue weighted by Crippen LogP contribution is -2.62. The van der Waals surface area contributed by atoms with Crippen LogP contribution < -0.4 is 0 Å². The van der Waals surface area contributed by atoms with E-state index in [0.29, 0.717) is 18.6 Å². The maximum absolute atomic E-state index is 12.0. The summed E-state index contributed by atoms with van der Waals surface area (Å²) in [6.45, 7) is 8.34. The van der Waals surface area contributed by atoms with Crippen molar-refractivity contribution in [2.45, 2.75) is 45.6 Å². The van der Waals surface area contributed by atoms with Crippen LogP contribution in [0.15, 0.2) is 0 Å². The second-order valence-electron chi connectivity index (χ2n) is 5.27. The van der Waals surface area contributed by atoms with Gasteiger partial charge >= 0.3 is 0 Å². The van der Waals surface area contributed by atoms with Crippen molar-refractivity contribution >= 4 is 11.7 Å². The van der Waals surface area contributed by atoms with Crippen LogP contribution in [0.5, 0.6) is 0 Å². The highest BCUT2D eigenvalue weighted by Crippen LogP contribution is 2.21. The molecule has 0 saturated carbocycles. The SMILES string of the molecule is CCC(=O)CCCN1CCN(C)C(=O)C1(C)C. The maximum atomic E-state index is 12.0. The molecular weight excluding hydrogens is 216 g/mol. The Balaban J connectivity index is 2.48. The van der Waals surface area contributed by atoms with E-state index in [2.05, 4.69) is 4.90 Å². The summed E-state index contributed by atoms with van der Waals surface area (Å²) in [7, 11) is 1.85. The highest BCUT2D eigenvalue weighted by molar-refractivity contribution is 5.86. The van der Waals surface area contributed by atoms with Gasteiger partial charge in [-0.3, -0.25) is 14.5 Å². The molecule has 98 valence electrons. The van der Waals surface area contributed by atoms with Crippen LogP contribution in [0.4, 0.5) is 0 Å². The van der Waals surface area contributed by atoms with Crippen LogP contribution in [0, 0.1) is 0 Å². The van der Waals surface area contributed by atoms with Crippen molar-refractivity contribution < 1.29 is 9.59 Å². The zero-order chi connectivity index (χ0) is 13.1. The summed E-state index contributed by atoms with van der Waals surface area (Å²) >= 11 is 0. The monoisotopic (exact) mass is 240 g/mol. The van der Waals surface area contributed by atoms with Gasteiger partial charge in [-0.05, 0) is 26.8 Å². The fourth-order valence-corrected chi connectivity index (χ4v) is 2.29. The van der Waals surface area contributed by atoms with Crippen LogP contribution in [-0.2, 0) is 9.59 Å². The molecule has 0 atom stereocenters. The molecule has 1 heterocycles. The van der Waals surface area contributed by atoms with E-state index >= 15 is 0 Å². The van der Waals surface area contributed by atoms with Crippen LogP contribution in [0.2, 0.25) is 0 Å². The largest absolute Gasteiger partial charge is 0.343 e. The molecule has 1 saturated heterocycles. The maximum Gasteiger partial charge on any atom is 0.242 e. The molecule has 0 aromatic carbocycles. The van der Waals surface area contributed by atoms with Crippen LogP contribution >= 0.6 is 0 Å². The van der Waals surface area contributed by atoms with Crippen molar-refractivity contribution in [3.05, 3.63) is 0 Å². The third-order valence-electron chi connectivity index (χ3n) is 3.64. The van der Waals surface area contributed by atoms with Crippen LogP contribution in [-0.4, -0.2) is 53.7 Å². The number of hydrogen-bond donors (Lipinski definition) is 0. The van der Waals surface area contributed by atoms with E-state index in [9.17, 15) is 9.59 Å². The molecule has 4 nitrogen and oxygen atoms in total. The molecule has 0 aromatic heterocycles. The Labute approximate surface area is 104 Å². The number of amides is 1. The lowest BCUT2D eigenvalue weighted by Gasteiger charge is -2.44. The standard InChI is InChI=1S/C13H24N2O2/c1-5-11(16)7-6-8-15-10-9-14(4)12(17)13(15,2)3/h5-10H2,1-4H3. The number of hydrogen-bond acceptors (Lipinski definition) is 3. The number of rotatable bonds is 5. The number of nitrogens with zero attached hydrogens (tertiary/aromatic N) is 2. The molecule has 0 bridgehead atoms. The Morgan fingerprint density at radius 3 is 2.59 bits per heavy atom. The number of ketones is 1. The fraction of sp³-hybridized carbons (Fsp3) is 0.846. The Morgan fingerprint density at radius 1 is 1.35 bits per heavy atom. The molecule has 1 fully saturated rings. The number of carbonyl (C=O) groups excluding carboxylic acids is 2. The van der Waals surface area contributed by atoms with Crippen molar-refractivity contribution in [1.82, 2.24) is 9.80 Å². The predicted molar refractivity (Wildman–Crippen MR) is 67.8 cm³/mol. The second-order valence-corrected chi connectivity index (χ2v) is 5.27. The average Bonchev–Trinajstić information content (AvgIpc) is 2.29. The Hall–Kier alpha value is -0.900. The minimum absolute atomic E-state index is 0.172. The zero-order valence-corrected chi connectivity index (χ0v) is 11.5. The minimum atomic E-state index is -0.428. The second kappa shape index (κ2) is 5.63. The molecular formula is C13H24N2O2. The van der Waals surface area contributed by atoms with Crippen LogP contribution in [0.3, 0.4) is 0 Å². The number of Topliss-reactive ketones (excluding diaryl/α,β-unsaturated/α-hetero) is 1. The third-order valence-corrected chi connectivity index (χ3v) is 3.64. The Kier molecular flexibility index (Phi) is 4.69. The highest BCUT2D eigenvalue weighted by atomic mass is 16.2. The summed E-state index contributed by atoms with van der Waals surface area (Å²) in [5, 5.41) is 0. The van der Waals surface area contributed by atoms with E-state index in [0.717, 1.165) is 26.1 Å². The van der Waals surface area contributed by atoms with Gasteiger partial charge < -0.3 is 4.90 Å². The molecule has 0 N–H and O–H groups in total. The first-order valence-electron chi connectivity index (χ1n) is 6.42. The molecule has 1 amide bonds. The van der Waals surface area contributed by atoms with Crippen LogP contribution in [0.1, 0.15) is 40.0 Å². The summed E-state index contributed by atoms with van der Waals surface area (Å²) in [6.07, 6.45) is 2.10. The summed E-state index contributed by atoms with van der Waals surface area (Å²) in [4.78, 5) is 27.2. The molecule has 0 aliphatic carbocycles. The lowest BCUT2D eigenvalue weighted by molar-refractivity contribution is -0.147. The predicted octanol–water partition coefficient (Wildman–Crippen LogP) is 1.30. The topological polar surface area (TPSA) is 40.6 Å². The smallest absolute Gasteiger partial charge is 0.242 e. The van der Waals surface area contributed by atoms with E-state index < -0.39 is 5.54 Å². The van der Waals surface area contributed by atoms with Gasteiger partial charge in [0.1, 0.15) is 5.78 Å². The van der Waals surface area contributed by atoms with Gasteiger partial charge in [0, 0.05) is 33.0 Å². The first-order valence-corrected chi connectivity index (χ1v) is 6.42. The van der Waals surface area contributed by atoms with Gasteiger partial charge in [0.2, 0.25) is 5.91 Å². The molecule has 0 aromatic rings. The average molecular weight is 240 g/mol. The van der Waals surface area contributed by atoms with Crippen molar-refractivity contribution in [1.29, 1.82) is 0 Å². The fourth-order valence-electron chi connectivity index (χ4n) is 2.29. The summed E-state index contributed by atoms with van der Waals surface area (Å²) in [5.74, 6) is 0.480. The Bertz CT molecular complexity index is 300. The summed E-state index contributed by atoms with van der Waals surface area (Å²) < 4.78 is 0. The van der Waals surface area contributed by atoms with Crippen molar-refractivity contribution in [2.75, 3.05) is 26.7 Å². The first kappa shape index (κ1) is 14.2. The molecule has 1 aliphatic heterocycles. The van der Waals surface area contributed by atoms with Crippen molar-refractivity contribution in [3.63, 3.8) is 0 Å². The molecule has 1 aliphatic rings. The van der Waals surface area contributed by atoms with Gasteiger partial charge in [-0.2, -0.15) is 0 Å². The number of likely N-dealkylation sites (N-methyl/N-ethyl adjacent to an activating group) is 1. The van der Waals surface area contributed by atoms with E-state index in [4.69, 9.17) is 0 Å². The first-order chi connectivity index (χ1) is 7.89. The van der Waals surface area contributed by atoms with Gasteiger partial charge in [-0.15, -0.1) is 0 Å². The molecule has 17 heavy (non-hydrogen) atoms. The quantitative estimate of drug-likeness (QED) is 0.727. The van der Waals surface area contributed by atoms with Crippen LogP contribution in [0.25, 0.3) is 0 Å². The van der Waals surface area contributed by atoms with E-state index in [1.54, 1.807) is 4.90 Å². The van der Waals surface area contributed by atoms with Crippen molar-refractivity contribution in [3.8, 4) is 0 Å². The summed E-state index contributed by atoms with van der Waals surface area (Å²) in [6, 6.07) is 0. The van der Waals surface area contributed by atoms with Gasteiger partial charge in [0.15, 0.2) is 0 Å². The molecule has 1 rings (SSSR count). The lowest BCUT2D eigenvalue weighted by atomic mass is 9.97. The van der Waals surface area contributed by atoms with Gasteiger partial charge in [-0.1, -0.05) is 6.92 Å². The number of piperazine rings is 1. The molecule has 0 radical (unpaired) electrons. The van der Waals surface area contributed by atoms with E-state index in [1.807, 2.05) is 27.8 Å². The zero-order valence-electron chi connectivity index (χ0n) is 11.5. The minimum Gasteiger partial charge on any atom is -0.343 e. The molecule has 0 unspecified atom stereocenters. The molecule has 4 heteroatoms. The van der Waals surface area contributed by atoms with Gasteiger partial charge in [0.25, 0.3) is 0 Å². The normalized spacial score (nSPS) is 20.7. The highest BCUT2D eigenvalue weighted by Gasteiger charge is 2.39. The number of carbonyl (C=O) groups is 2. The van der Waals surface area contributed by atoms with Gasteiger partial charge in [0.05, 0.1) is 5.54 Å². The molecule has 0 spiro atoms. The third kappa shape index (κ3) is 3.28. The summed E-state index contributed by atoms with van der Waals surface area (Å²) in [5.41, 5.74) is -0.428. The van der Waals surface area contributed by atoms with Gasteiger partial charge in [-0.25, -0.2) is 0 Å². The van der Waals surface area contributed by atoms with E-state index in [1.165, 1.54) is 0 Å². The van der Waals surface area contributed by atoms with E-state index in [-0.39, 0.29) is 5.91 Å².